The molecule has 0 N–H and O–H groups in total. The monoisotopic (exact) mass is 397 g/mol. The van der Waals surface area contributed by atoms with Crippen LogP contribution in [0.2, 0.25) is 5.15 Å². The van der Waals surface area contributed by atoms with Gasteiger partial charge in [-0.15, -0.1) is 0 Å². The minimum atomic E-state index is -4.42. The number of ether oxygens (including phenoxy) is 1. The van der Waals surface area contributed by atoms with Crippen LogP contribution in [0.25, 0.3) is 5.65 Å². The van der Waals surface area contributed by atoms with Gasteiger partial charge in [-0.25, -0.2) is 14.3 Å². The molecule has 0 bridgehead atoms. The van der Waals surface area contributed by atoms with E-state index < -0.39 is 17.7 Å². The number of aryl methyl sites for hydroxylation is 1. The lowest BCUT2D eigenvalue weighted by molar-refractivity contribution is -0.137. The van der Waals surface area contributed by atoms with E-state index >= 15 is 0 Å². The van der Waals surface area contributed by atoms with Crippen LogP contribution in [0.1, 0.15) is 39.7 Å². The minimum Gasteiger partial charge on any atom is -0.462 e. The molecule has 0 unspecified atom stereocenters. The van der Waals surface area contributed by atoms with Crippen molar-refractivity contribution in [1.29, 1.82) is 0 Å². The SMILES string of the molecule is CCOC(=O)c1cnn2c(Cl)c(Cc3cccc(C(F)(F)F)c3)c(C)nc12. The Bertz CT molecular complexity index is 1010. The molecule has 0 spiro atoms. The van der Waals surface area contributed by atoms with Crippen molar-refractivity contribution in [3.05, 3.63) is 63.6 Å². The normalized spacial score (nSPS) is 11.8. The number of rotatable bonds is 4. The van der Waals surface area contributed by atoms with E-state index in [4.69, 9.17) is 16.3 Å². The van der Waals surface area contributed by atoms with Gasteiger partial charge in [0.05, 0.1) is 18.4 Å². The molecule has 0 saturated carbocycles. The van der Waals surface area contributed by atoms with Crippen molar-refractivity contribution in [1.82, 2.24) is 14.6 Å². The van der Waals surface area contributed by atoms with Gasteiger partial charge in [-0.2, -0.15) is 18.3 Å². The van der Waals surface area contributed by atoms with Gasteiger partial charge in [0.25, 0.3) is 0 Å². The standard InChI is InChI=1S/C18H15ClF3N3O2/c1-3-27-17(26)14-9-23-25-15(19)13(10(2)24-16(14)25)8-11-5-4-6-12(7-11)18(20,21)22/h4-7,9H,3,8H2,1-2H3. The van der Waals surface area contributed by atoms with Crippen molar-refractivity contribution in [3.63, 3.8) is 0 Å². The molecule has 0 radical (unpaired) electrons. The van der Waals surface area contributed by atoms with Crippen LogP contribution < -0.4 is 0 Å². The number of benzene rings is 1. The average Bonchev–Trinajstić information content (AvgIpc) is 3.02. The Kier molecular flexibility index (Phi) is 5.10. The predicted molar refractivity (Wildman–Crippen MR) is 92.9 cm³/mol. The summed E-state index contributed by atoms with van der Waals surface area (Å²) in [6.07, 6.45) is -2.97. The maximum atomic E-state index is 12.9. The third kappa shape index (κ3) is 3.75. The van der Waals surface area contributed by atoms with E-state index in [0.717, 1.165) is 12.1 Å². The molecule has 0 amide bonds. The highest BCUT2D eigenvalue weighted by Crippen LogP contribution is 2.31. The zero-order valence-corrected chi connectivity index (χ0v) is 15.2. The first-order valence-corrected chi connectivity index (χ1v) is 8.46. The Balaban J connectivity index is 2.03. The Hall–Kier alpha value is -2.61. The Morgan fingerprint density at radius 1 is 1.33 bits per heavy atom. The van der Waals surface area contributed by atoms with Gasteiger partial charge in [0.2, 0.25) is 0 Å². The van der Waals surface area contributed by atoms with Crippen molar-refractivity contribution in [2.24, 2.45) is 0 Å². The van der Waals surface area contributed by atoms with Crippen LogP contribution in [0.15, 0.2) is 30.5 Å². The second-order valence-electron chi connectivity index (χ2n) is 5.86. The second kappa shape index (κ2) is 7.19. The Morgan fingerprint density at radius 3 is 2.74 bits per heavy atom. The largest absolute Gasteiger partial charge is 0.462 e. The van der Waals surface area contributed by atoms with Gasteiger partial charge in [-0.1, -0.05) is 29.8 Å². The van der Waals surface area contributed by atoms with Crippen molar-refractivity contribution in [3.8, 4) is 0 Å². The number of hydrogen-bond donors (Lipinski definition) is 0. The summed E-state index contributed by atoms with van der Waals surface area (Å²) in [5.41, 5.74) is 1.15. The predicted octanol–water partition coefficient (Wildman–Crippen LogP) is 4.48. The van der Waals surface area contributed by atoms with Gasteiger partial charge in [-0.3, -0.25) is 0 Å². The molecule has 0 atom stereocenters. The number of carbonyl (C=O) groups excluding carboxylic acids is 1. The van der Waals surface area contributed by atoms with Crippen LogP contribution in [-0.4, -0.2) is 27.2 Å². The van der Waals surface area contributed by atoms with Crippen LogP contribution in [-0.2, 0) is 17.3 Å². The van der Waals surface area contributed by atoms with E-state index in [9.17, 15) is 18.0 Å². The topological polar surface area (TPSA) is 56.5 Å². The molecule has 142 valence electrons. The van der Waals surface area contributed by atoms with Gasteiger partial charge < -0.3 is 4.74 Å². The highest BCUT2D eigenvalue weighted by Gasteiger charge is 2.30. The van der Waals surface area contributed by atoms with Crippen molar-refractivity contribution in [2.45, 2.75) is 26.4 Å². The number of fused-ring (bicyclic) bond motifs is 1. The molecule has 0 fully saturated rings. The summed E-state index contributed by atoms with van der Waals surface area (Å²) in [5.74, 6) is -0.568. The summed E-state index contributed by atoms with van der Waals surface area (Å²) in [4.78, 5) is 16.3. The molecule has 3 rings (SSSR count). The lowest BCUT2D eigenvalue weighted by atomic mass is 10.0. The molecular formula is C18H15ClF3N3O2. The summed E-state index contributed by atoms with van der Waals surface area (Å²) >= 11 is 6.41. The first-order chi connectivity index (χ1) is 12.7. The second-order valence-corrected chi connectivity index (χ2v) is 6.21. The molecule has 0 aliphatic heterocycles. The van der Waals surface area contributed by atoms with Gasteiger partial charge in [-0.05, 0) is 25.5 Å². The van der Waals surface area contributed by atoms with Crippen molar-refractivity contribution >= 4 is 23.2 Å². The fraction of sp³-hybridized carbons (Fsp3) is 0.278. The number of halogens is 4. The maximum Gasteiger partial charge on any atom is 0.416 e. The quantitative estimate of drug-likeness (QED) is 0.481. The molecule has 9 heteroatoms. The highest BCUT2D eigenvalue weighted by atomic mass is 35.5. The highest BCUT2D eigenvalue weighted by molar-refractivity contribution is 6.30. The molecule has 3 aromatic rings. The van der Waals surface area contributed by atoms with Crippen LogP contribution in [0.5, 0.6) is 0 Å². The molecule has 2 aromatic heterocycles. The molecular weight excluding hydrogens is 383 g/mol. The zero-order chi connectivity index (χ0) is 19.8. The minimum absolute atomic E-state index is 0.145. The van der Waals surface area contributed by atoms with Crippen LogP contribution in [0.4, 0.5) is 13.2 Å². The van der Waals surface area contributed by atoms with E-state index in [2.05, 4.69) is 10.1 Å². The lowest BCUT2D eigenvalue weighted by Crippen LogP contribution is -2.08. The maximum absolute atomic E-state index is 12.9. The first kappa shape index (κ1) is 19.2. The Labute approximate surface area is 157 Å². The van der Waals surface area contributed by atoms with E-state index in [-0.39, 0.29) is 29.4 Å². The Morgan fingerprint density at radius 2 is 2.07 bits per heavy atom. The summed E-state index contributed by atoms with van der Waals surface area (Å²) in [7, 11) is 0. The molecule has 1 aromatic carbocycles. The summed E-state index contributed by atoms with van der Waals surface area (Å²) in [6.45, 7) is 3.57. The number of alkyl halides is 3. The molecule has 2 heterocycles. The van der Waals surface area contributed by atoms with E-state index in [1.54, 1.807) is 19.9 Å². The summed E-state index contributed by atoms with van der Waals surface area (Å²) < 4.78 is 45.0. The molecule has 27 heavy (non-hydrogen) atoms. The van der Waals surface area contributed by atoms with Crippen molar-refractivity contribution in [2.75, 3.05) is 6.61 Å². The summed E-state index contributed by atoms with van der Waals surface area (Å²) in [5, 5.41) is 4.25. The number of nitrogens with zero attached hydrogens (tertiary/aromatic N) is 3. The fourth-order valence-electron chi connectivity index (χ4n) is 2.71. The number of aromatic nitrogens is 3. The van der Waals surface area contributed by atoms with Crippen LogP contribution in [0.3, 0.4) is 0 Å². The zero-order valence-electron chi connectivity index (χ0n) is 14.5. The van der Waals surface area contributed by atoms with Gasteiger partial charge in [0, 0.05) is 17.7 Å². The molecule has 0 saturated heterocycles. The smallest absolute Gasteiger partial charge is 0.416 e. The van der Waals surface area contributed by atoms with E-state index in [1.165, 1.54) is 16.8 Å². The van der Waals surface area contributed by atoms with Crippen LogP contribution >= 0.6 is 11.6 Å². The molecule has 5 nitrogen and oxygen atoms in total. The van der Waals surface area contributed by atoms with E-state index in [1.807, 2.05) is 0 Å². The van der Waals surface area contributed by atoms with Crippen molar-refractivity contribution < 1.29 is 22.7 Å². The fourth-order valence-corrected chi connectivity index (χ4v) is 3.04. The number of esters is 1. The number of hydrogen-bond acceptors (Lipinski definition) is 4. The summed E-state index contributed by atoms with van der Waals surface area (Å²) in [6, 6.07) is 5.02. The van der Waals surface area contributed by atoms with E-state index in [0.29, 0.717) is 16.8 Å². The third-order valence-electron chi connectivity index (χ3n) is 4.02. The molecule has 0 aliphatic carbocycles. The third-order valence-corrected chi connectivity index (χ3v) is 4.41. The first-order valence-electron chi connectivity index (χ1n) is 8.08. The van der Waals surface area contributed by atoms with Gasteiger partial charge in [0.1, 0.15) is 10.7 Å². The molecule has 0 aliphatic rings. The number of carbonyl (C=O) groups is 1. The lowest BCUT2D eigenvalue weighted by Gasteiger charge is -2.12. The average molecular weight is 398 g/mol. The van der Waals surface area contributed by atoms with Crippen LogP contribution in [0, 0.1) is 6.92 Å². The van der Waals surface area contributed by atoms with Gasteiger partial charge >= 0.3 is 12.1 Å². The van der Waals surface area contributed by atoms with Gasteiger partial charge in [0.15, 0.2) is 5.65 Å².